The molecule has 0 unspecified atom stereocenters. The first-order valence-corrected chi connectivity index (χ1v) is 5.79. The highest BCUT2D eigenvalue weighted by molar-refractivity contribution is 5.52. The van der Waals surface area contributed by atoms with Crippen molar-refractivity contribution in [2.24, 2.45) is 0 Å². The van der Waals surface area contributed by atoms with E-state index in [1.54, 1.807) is 13.2 Å². The van der Waals surface area contributed by atoms with Gasteiger partial charge in [-0.25, -0.2) is 0 Å². The third-order valence-corrected chi connectivity index (χ3v) is 2.88. The molecular formula is C13H16N2O2. The van der Waals surface area contributed by atoms with Crippen molar-refractivity contribution in [2.45, 2.75) is 18.9 Å². The fraction of sp³-hybridized carbons (Fsp3) is 0.462. The summed E-state index contributed by atoms with van der Waals surface area (Å²) in [5.74, 6) is 1.20. The lowest BCUT2D eigenvalue weighted by atomic mass is 10.1. The fourth-order valence-electron chi connectivity index (χ4n) is 2.00. The van der Waals surface area contributed by atoms with Crippen LogP contribution in [0.4, 0.5) is 0 Å². The SMILES string of the molecule is COc1c(C#N)cccc1OC1CCNCC1. The number of piperidine rings is 1. The second-order valence-corrected chi connectivity index (χ2v) is 4.02. The molecule has 1 fully saturated rings. The molecule has 0 aromatic heterocycles. The Labute approximate surface area is 101 Å². The van der Waals surface area contributed by atoms with Gasteiger partial charge in [0.15, 0.2) is 11.5 Å². The monoisotopic (exact) mass is 232 g/mol. The Balaban J connectivity index is 2.17. The molecule has 4 heteroatoms. The van der Waals surface area contributed by atoms with Gasteiger partial charge in [-0.1, -0.05) is 6.07 Å². The van der Waals surface area contributed by atoms with E-state index < -0.39 is 0 Å². The zero-order valence-corrected chi connectivity index (χ0v) is 9.90. The van der Waals surface area contributed by atoms with E-state index in [4.69, 9.17) is 14.7 Å². The van der Waals surface area contributed by atoms with Gasteiger partial charge in [0.25, 0.3) is 0 Å². The second kappa shape index (κ2) is 5.55. The van der Waals surface area contributed by atoms with Crippen LogP contribution in [0.3, 0.4) is 0 Å². The van der Waals surface area contributed by atoms with E-state index in [0.717, 1.165) is 25.9 Å². The van der Waals surface area contributed by atoms with Gasteiger partial charge >= 0.3 is 0 Å². The highest BCUT2D eigenvalue weighted by Gasteiger charge is 2.17. The summed E-state index contributed by atoms with van der Waals surface area (Å²) in [4.78, 5) is 0. The number of nitrogens with one attached hydrogen (secondary N) is 1. The van der Waals surface area contributed by atoms with E-state index in [2.05, 4.69) is 11.4 Å². The predicted octanol–water partition coefficient (Wildman–Crippen LogP) is 1.70. The lowest BCUT2D eigenvalue weighted by molar-refractivity contribution is 0.156. The molecule has 90 valence electrons. The van der Waals surface area contributed by atoms with Crippen molar-refractivity contribution < 1.29 is 9.47 Å². The number of hydrogen-bond acceptors (Lipinski definition) is 4. The molecule has 2 rings (SSSR count). The molecule has 4 nitrogen and oxygen atoms in total. The normalized spacial score (nSPS) is 16.2. The van der Waals surface area contributed by atoms with E-state index in [-0.39, 0.29) is 6.10 Å². The molecule has 1 saturated heterocycles. The van der Waals surface area contributed by atoms with Crippen LogP contribution in [-0.4, -0.2) is 26.3 Å². The van der Waals surface area contributed by atoms with E-state index in [1.165, 1.54) is 0 Å². The summed E-state index contributed by atoms with van der Waals surface area (Å²) in [7, 11) is 1.56. The average molecular weight is 232 g/mol. The molecule has 1 heterocycles. The van der Waals surface area contributed by atoms with Crippen LogP contribution in [0.1, 0.15) is 18.4 Å². The summed E-state index contributed by atoms with van der Waals surface area (Å²) in [6.45, 7) is 1.95. The number of methoxy groups -OCH3 is 1. The first-order valence-electron chi connectivity index (χ1n) is 5.79. The zero-order valence-electron chi connectivity index (χ0n) is 9.90. The minimum absolute atomic E-state index is 0.207. The van der Waals surface area contributed by atoms with E-state index in [0.29, 0.717) is 17.1 Å². The Bertz CT molecular complexity index is 420. The quantitative estimate of drug-likeness (QED) is 0.861. The van der Waals surface area contributed by atoms with Gasteiger partial charge in [-0.15, -0.1) is 0 Å². The minimum Gasteiger partial charge on any atom is -0.492 e. The zero-order chi connectivity index (χ0) is 12.1. The summed E-state index contributed by atoms with van der Waals surface area (Å²) < 4.78 is 11.1. The summed E-state index contributed by atoms with van der Waals surface area (Å²) in [5, 5.41) is 12.3. The number of ether oxygens (including phenoxy) is 2. The van der Waals surface area contributed by atoms with Gasteiger partial charge in [0.1, 0.15) is 12.2 Å². The minimum atomic E-state index is 0.207. The van der Waals surface area contributed by atoms with E-state index in [9.17, 15) is 0 Å². The molecule has 1 N–H and O–H groups in total. The van der Waals surface area contributed by atoms with Gasteiger partial charge in [-0.3, -0.25) is 0 Å². The van der Waals surface area contributed by atoms with Gasteiger partial charge in [0.05, 0.1) is 12.7 Å². The molecule has 17 heavy (non-hydrogen) atoms. The highest BCUT2D eigenvalue weighted by atomic mass is 16.5. The second-order valence-electron chi connectivity index (χ2n) is 4.02. The molecular weight excluding hydrogens is 216 g/mol. The van der Waals surface area contributed by atoms with Crippen LogP contribution in [-0.2, 0) is 0 Å². The predicted molar refractivity (Wildman–Crippen MR) is 64.2 cm³/mol. The number of para-hydroxylation sites is 1. The summed E-state index contributed by atoms with van der Waals surface area (Å²) in [6, 6.07) is 7.50. The van der Waals surface area contributed by atoms with Gasteiger partial charge < -0.3 is 14.8 Å². The largest absolute Gasteiger partial charge is 0.492 e. The number of benzene rings is 1. The Hall–Kier alpha value is -1.73. The van der Waals surface area contributed by atoms with Gasteiger partial charge in [0, 0.05) is 0 Å². The van der Waals surface area contributed by atoms with Gasteiger partial charge in [-0.05, 0) is 38.1 Å². The Morgan fingerprint density at radius 1 is 1.35 bits per heavy atom. The molecule has 0 radical (unpaired) electrons. The van der Waals surface area contributed by atoms with Crippen LogP contribution in [0.15, 0.2) is 18.2 Å². The third kappa shape index (κ3) is 2.69. The third-order valence-electron chi connectivity index (χ3n) is 2.88. The molecule has 0 atom stereocenters. The molecule has 1 aromatic rings. The van der Waals surface area contributed by atoms with Gasteiger partial charge in [-0.2, -0.15) is 5.26 Å². The topological polar surface area (TPSA) is 54.3 Å². The van der Waals surface area contributed by atoms with Crippen LogP contribution in [0, 0.1) is 11.3 Å². The van der Waals surface area contributed by atoms with Crippen molar-refractivity contribution in [1.29, 1.82) is 5.26 Å². The standard InChI is InChI=1S/C13H16N2O2/c1-16-13-10(9-14)3-2-4-12(13)17-11-5-7-15-8-6-11/h2-4,11,15H,5-8H2,1H3. The van der Waals surface area contributed by atoms with Crippen LogP contribution in [0.2, 0.25) is 0 Å². The van der Waals surface area contributed by atoms with Crippen LogP contribution in [0.5, 0.6) is 11.5 Å². The maximum absolute atomic E-state index is 8.98. The molecule has 0 spiro atoms. The van der Waals surface area contributed by atoms with Crippen LogP contribution < -0.4 is 14.8 Å². The van der Waals surface area contributed by atoms with Crippen LogP contribution in [0.25, 0.3) is 0 Å². The fourth-order valence-corrected chi connectivity index (χ4v) is 2.00. The van der Waals surface area contributed by atoms with Gasteiger partial charge in [0.2, 0.25) is 0 Å². The Morgan fingerprint density at radius 2 is 2.12 bits per heavy atom. The van der Waals surface area contributed by atoms with Crippen LogP contribution >= 0.6 is 0 Å². The molecule has 1 aromatic carbocycles. The molecule has 0 saturated carbocycles. The van der Waals surface area contributed by atoms with Crippen molar-refractivity contribution in [1.82, 2.24) is 5.32 Å². The summed E-state index contributed by atoms with van der Waals surface area (Å²) >= 11 is 0. The first-order chi connectivity index (χ1) is 8.35. The van der Waals surface area contributed by atoms with Crippen molar-refractivity contribution in [3.05, 3.63) is 23.8 Å². The number of hydrogen-bond donors (Lipinski definition) is 1. The van der Waals surface area contributed by atoms with Crippen molar-refractivity contribution >= 4 is 0 Å². The first kappa shape index (κ1) is 11.7. The number of rotatable bonds is 3. The summed E-state index contributed by atoms with van der Waals surface area (Å²) in [5.41, 5.74) is 0.513. The molecule has 1 aliphatic heterocycles. The van der Waals surface area contributed by atoms with E-state index in [1.807, 2.05) is 12.1 Å². The molecule has 0 aliphatic carbocycles. The number of nitrogens with zero attached hydrogens (tertiary/aromatic N) is 1. The lowest BCUT2D eigenvalue weighted by Crippen LogP contribution is -2.34. The lowest BCUT2D eigenvalue weighted by Gasteiger charge is -2.24. The maximum Gasteiger partial charge on any atom is 0.178 e. The Kier molecular flexibility index (Phi) is 3.84. The van der Waals surface area contributed by atoms with Crippen molar-refractivity contribution in [2.75, 3.05) is 20.2 Å². The van der Waals surface area contributed by atoms with Crippen molar-refractivity contribution in [3.63, 3.8) is 0 Å². The number of nitriles is 1. The van der Waals surface area contributed by atoms with E-state index >= 15 is 0 Å². The average Bonchev–Trinajstić information content (AvgIpc) is 2.39. The summed E-state index contributed by atoms with van der Waals surface area (Å²) in [6.07, 6.45) is 2.18. The smallest absolute Gasteiger partial charge is 0.178 e. The molecule has 1 aliphatic rings. The highest BCUT2D eigenvalue weighted by Crippen LogP contribution is 2.32. The molecule has 0 bridgehead atoms. The maximum atomic E-state index is 8.98. The molecule has 0 amide bonds. The van der Waals surface area contributed by atoms with Crippen molar-refractivity contribution in [3.8, 4) is 17.6 Å². The Morgan fingerprint density at radius 3 is 2.76 bits per heavy atom.